The molecule has 0 aromatic rings. The van der Waals surface area contributed by atoms with E-state index in [1.54, 1.807) is 0 Å². The van der Waals surface area contributed by atoms with E-state index in [0.717, 1.165) is 32.1 Å². The van der Waals surface area contributed by atoms with Gasteiger partial charge < -0.3 is 10.5 Å². The van der Waals surface area contributed by atoms with Gasteiger partial charge in [0.05, 0.1) is 0 Å². The highest BCUT2D eigenvalue weighted by Gasteiger charge is 2.09. The first-order chi connectivity index (χ1) is 5.79. The van der Waals surface area contributed by atoms with Crippen LogP contribution in [0.3, 0.4) is 0 Å². The summed E-state index contributed by atoms with van der Waals surface area (Å²) in [6.07, 6.45) is 4.09. The van der Waals surface area contributed by atoms with Crippen LogP contribution in [0.25, 0.3) is 0 Å². The predicted molar refractivity (Wildman–Crippen MR) is 45.3 cm³/mol. The van der Waals surface area contributed by atoms with Crippen LogP contribution >= 0.6 is 0 Å². The van der Waals surface area contributed by atoms with Crippen molar-refractivity contribution in [2.45, 2.75) is 38.2 Å². The van der Waals surface area contributed by atoms with Crippen molar-refractivity contribution in [3.63, 3.8) is 0 Å². The Morgan fingerprint density at radius 1 is 1.42 bits per heavy atom. The summed E-state index contributed by atoms with van der Waals surface area (Å²) in [5, 5.41) is 0. The summed E-state index contributed by atoms with van der Waals surface area (Å²) in [5.74, 6) is 5.84. The number of ether oxygens (including phenoxy) is 1. The van der Waals surface area contributed by atoms with Gasteiger partial charge in [-0.05, 0) is 19.3 Å². The van der Waals surface area contributed by atoms with Crippen LogP contribution in [0.1, 0.15) is 32.1 Å². The first-order valence-electron chi connectivity index (χ1n) is 4.23. The number of carbonyl (C=O) groups is 1. The molecule has 1 rings (SSSR count). The normalized spacial score (nSPS) is 22.8. The largest absolute Gasteiger partial charge is 0.433 e. The van der Waals surface area contributed by atoms with E-state index < -0.39 is 6.09 Å². The zero-order valence-electron chi connectivity index (χ0n) is 7.01. The van der Waals surface area contributed by atoms with Crippen LogP contribution < -0.4 is 5.73 Å². The SMILES string of the molecule is NC(=O)OC1C#CCCCCC1. The fourth-order valence-corrected chi connectivity index (χ4v) is 1.21. The van der Waals surface area contributed by atoms with Crippen molar-refractivity contribution >= 4 is 6.09 Å². The van der Waals surface area contributed by atoms with Crippen molar-refractivity contribution in [2.75, 3.05) is 0 Å². The monoisotopic (exact) mass is 167 g/mol. The van der Waals surface area contributed by atoms with E-state index in [0.29, 0.717) is 0 Å². The quantitative estimate of drug-likeness (QED) is 0.600. The molecular formula is C9H13NO2. The summed E-state index contributed by atoms with van der Waals surface area (Å²) >= 11 is 0. The second-order valence-corrected chi connectivity index (χ2v) is 2.85. The van der Waals surface area contributed by atoms with Crippen LogP contribution in [0.5, 0.6) is 0 Å². The van der Waals surface area contributed by atoms with E-state index in [9.17, 15) is 4.79 Å². The van der Waals surface area contributed by atoms with Gasteiger partial charge in [0, 0.05) is 6.42 Å². The minimum atomic E-state index is -0.727. The molecule has 1 amide bonds. The van der Waals surface area contributed by atoms with Gasteiger partial charge in [0.15, 0.2) is 6.10 Å². The third-order valence-corrected chi connectivity index (χ3v) is 1.79. The lowest BCUT2D eigenvalue weighted by Crippen LogP contribution is -2.21. The predicted octanol–water partition coefficient (Wildman–Crippen LogP) is 1.42. The molecule has 0 saturated heterocycles. The molecule has 0 aliphatic heterocycles. The van der Waals surface area contributed by atoms with Crippen molar-refractivity contribution in [2.24, 2.45) is 5.73 Å². The molecule has 0 spiro atoms. The van der Waals surface area contributed by atoms with Crippen LogP contribution in [-0.2, 0) is 4.74 Å². The van der Waals surface area contributed by atoms with Gasteiger partial charge in [0.1, 0.15) is 0 Å². The first kappa shape index (κ1) is 8.92. The van der Waals surface area contributed by atoms with E-state index in [-0.39, 0.29) is 6.10 Å². The van der Waals surface area contributed by atoms with Crippen LogP contribution in [0.15, 0.2) is 0 Å². The van der Waals surface area contributed by atoms with Crippen molar-refractivity contribution in [1.29, 1.82) is 0 Å². The Kier molecular flexibility index (Phi) is 3.46. The van der Waals surface area contributed by atoms with E-state index in [1.807, 2.05) is 0 Å². The number of rotatable bonds is 1. The molecule has 0 aromatic carbocycles. The summed E-state index contributed by atoms with van der Waals surface area (Å²) < 4.78 is 4.79. The van der Waals surface area contributed by atoms with Gasteiger partial charge in [-0.2, -0.15) is 0 Å². The Morgan fingerprint density at radius 2 is 2.25 bits per heavy atom. The minimum absolute atomic E-state index is 0.275. The highest BCUT2D eigenvalue weighted by atomic mass is 16.6. The number of carbonyl (C=O) groups excluding carboxylic acids is 1. The highest BCUT2D eigenvalue weighted by molar-refractivity contribution is 5.65. The van der Waals surface area contributed by atoms with Crippen molar-refractivity contribution in [3.8, 4) is 11.8 Å². The van der Waals surface area contributed by atoms with E-state index >= 15 is 0 Å². The van der Waals surface area contributed by atoms with Gasteiger partial charge in [-0.1, -0.05) is 18.3 Å². The van der Waals surface area contributed by atoms with Crippen molar-refractivity contribution in [1.82, 2.24) is 0 Å². The molecule has 2 N–H and O–H groups in total. The van der Waals surface area contributed by atoms with Gasteiger partial charge in [-0.3, -0.25) is 0 Å². The summed E-state index contributed by atoms with van der Waals surface area (Å²) in [7, 11) is 0. The Labute approximate surface area is 72.3 Å². The zero-order valence-corrected chi connectivity index (χ0v) is 7.01. The smallest absolute Gasteiger partial charge is 0.405 e. The lowest BCUT2D eigenvalue weighted by atomic mass is 10.1. The lowest BCUT2D eigenvalue weighted by molar-refractivity contribution is 0.127. The second kappa shape index (κ2) is 4.66. The van der Waals surface area contributed by atoms with Crippen molar-refractivity contribution in [3.05, 3.63) is 0 Å². The molecule has 1 atom stereocenters. The van der Waals surface area contributed by atoms with E-state index in [2.05, 4.69) is 11.8 Å². The molecule has 3 heteroatoms. The molecule has 0 aromatic heterocycles. The molecular weight excluding hydrogens is 154 g/mol. The summed E-state index contributed by atoms with van der Waals surface area (Å²) in [6.45, 7) is 0. The van der Waals surface area contributed by atoms with E-state index in [4.69, 9.17) is 10.5 Å². The first-order valence-corrected chi connectivity index (χ1v) is 4.23. The Morgan fingerprint density at radius 3 is 3.00 bits per heavy atom. The molecule has 0 heterocycles. The molecule has 66 valence electrons. The standard InChI is InChI=1S/C9H13NO2/c10-9(11)12-8-6-4-2-1-3-5-7-8/h8H,1-4,6H2,(H2,10,11). The van der Waals surface area contributed by atoms with E-state index in [1.165, 1.54) is 0 Å². The van der Waals surface area contributed by atoms with Crippen LogP contribution in [0, 0.1) is 11.8 Å². The average Bonchev–Trinajstić information content (AvgIpc) is 1.93. The van der Waals surface area contributed by atoms with Crippen molar-refractivity contribution < 1.29 is 9.53 Å². The minimum Gasteiger partial charge on any atom is -0.433 e. The maximum absolute atomic E-state index is 10.4. The third kappa shape index (κ3) is 3.29. The lowest BCUT2D eigenvalue weighted by Gasteiger charge is -2.11. The number of hydrogen-bond acceptors (Lipinski definition) is 2. The summed E-state index contributed by atoms with van der Waals surface area (Å²) in [6, 6.07) is 0. The number of primary amides is 1. The molecule has 12 heavy (non-hydrogen) atoms. The molecule has 1 aliphatic rings. The Balaban J connectivity index is 2.43. The Bertz CT molecular complexity index is 214. The Hall–Kier alpha value is -1.17. The maximum atomic E-state index is 10.4. The van der Waals surface area contributed by atoms with Crippen LogP contribution in [0.4, 0.5) is 4.79 Å². The molecule has 0 radical (unpaired) electrons. The summed E-state index contributed by atoms with van der Waals surface area (Å²) in [4.78, 5) is 10.4. The molecule has 0 fully saturated rings. The fourth-order valence-electron chi connectivity index (χ4n) is 1.21. The maximum Gasteiger partial charge on any atom is 0.405 e. The highest BCUT2D eigenvalue weighted by Crippen LogP contribution is 2.10. The van der Waals surface area contributed by atoms with Crippen LogP contribution in [0.2, 0.25) is 0 Å². The van der Waals surface area contributed by atoms with Gasteiger partial charge in [0.25, 0.3) is 0 Å². The van der Waals surface area contributed by atoms with Crippen LogP contribution in [-0.4, -0.2) is 12.2 Å². The number of amides is 1. The molecule has 1 aliphatic carbocycles. The number of nitrogens with two attached hydrogens (primary N) is 1. The van der Waals surface area contributed by atoms with Gasteiger partial charge >= 0.3 is 6.09 Å². The molecule has 0 bridgehead atoms. The topological polar surface area (TPSA) is 52.3 Å². The molecule has 1 unspecified atom stereocenters. The molecule has 0 saturated carbocycles. The van der Waals surface area contributed by atoms with Gasteiger partial charge in [0.2, 0.25) is 0 Å². The van der Waals surface area contributed by atoms with Gasteiger partial charge in [-0.25, -0.2) is 4.79 Å². The zero-order chi connectivity index (χ0) is 8.81. The second-order valence-electron chi connectivity index (χ2n) is 2.85. The number of hydrogen-bond donors (Lipinski definition) is 1. The average molecular weight is 167 g/mol. The fraction of sp³-hybridized carbons (Fsp3) is 0.667. The summed E-state index contributed by atoms with van der Waals surface area (Å²) in [5.41, 5.74) is 4.88. The molecule has 3 nitrogen and oxygen atoms in total. The van der Waals surface area contributed by atoms with Gasteiger partial charge in [-0.15, -0.1) is 0 Å². The third-order valence-electron chi connectivity index (χ3n) is 1.79.